The number of hydrogen-bond acceptors (Lipinski definition) is 2. The summed E-state index contributed by atoms with van der Waals surface area (Å²) in [5, 5.41) is 8.49. The van der Waals surface area contributed by atoms with Crippen molar-refractivity contribution in [3.8, 4) is 11.4 Å². The molecule has 25 heavy (non-hydrogen) atoms. The van der Waals surface area contributed by atoms with Crippen LogP contribution in [0.2, 0.25) is 0 Å². The van der Waals surface area contributed by atoms with E-state index in [9.17, 15) is 0 Å². The molecule has 0 N–H and O–H groups in total. The predicted octanol–water partition coefficient (Wildman–Crippen LogP) is 3.72. The third kappa shape index (κ3) is 3.54. The molecule has 0 bridgehead atoms. The van der Waals surface area contributed by atoms with Crippen molar-refractivity contribution in [2.45, 2.75) is 0 Å². The Morgan fingerprint density at radius 1 is 0.760 bits per heavy atom. The fourth-order valence-electron chi connectivity index (χ4n) is 2.50. The summed E-state index contributed by atoms with van der Waals surface area (Å²) in [6.45, 7) is 4.22. The molecule has 2 heterocycles. The van der Waals surface area contributed by atoms with Crippen LogP contribution in [-0.4, -0.2) is 19.6 Å². The Labute approximate surface area is 160 Å². The van der Waals surface area contributed by atoms with Crippen molar-refractivity contribution in [2.24, 2.45) is 0 Å². The fraction of sp³-hybridized carbons (Fsp3) is 0. The van der Waals surface area contributed by atoms with Crippen LogP contribution in [0.15, 0.2) is 79.9 Å². The van der Waals surface area contributed by atoms with E-state index in [1.165, 1.54) is 0 Å². The summed E-state index contributed by atoms with van der Waals surface area (Å²) in [6, 6.07) is 22.4. The minimum absolute atomic E-state index is 0. The number of nitrogens with zero attached hydrogens (tertiary/aromatic N) is 4. The number of rotatable bonds is 4. The molecular formula is C20H14N4Pt. The van der Waals surface area contributed by atoms with Crippen molar-refractivity contribution in [2.75, 3.05) is 0 Å². The van der Waals surface area contributed by atoms with E-state index < -0.39 is 0 Å². The number of hydrogen-bond donors (Lipinski definition) is 0. The second kappa shape index (κ2) is 7.45. The molecule has 5 heteroatoms. The minimum atomic E-state index is 0. The van der Waals surface area contributed by atoms with Crippen LogP contribution in [0, 0.1) is 12.1 Å². The topological polar surface area (TPSA) is 35.6 Å². The molecule has 0 aliphatic rings. The Morgan fingerprint density at radius 2 is 1.24 bits per heavy atom. The molecule has 0 aliphatic carbocycles. The zero-order chi connectivity index (χ0) is 16.4. The Hall–Kier alpha value is -2.71. The molecule has 0 atom stereocenters. The molecule has 0 saturated carbocycles. The molecule has 4 aromatic rings. The van der Waals surface area contributed by atoms with Gasteiger partial charge in [-0.25, -0.2) is 0 Å². The first-order chi connectivity index (χ1) is 11.8. The van der Waals surface area contributed by atoms with Crippen molar-refractivity contribution in [3.05, 3.63) is 103 Å². The first-order valence-corrected chi connectivity index (χ1v) is 7.55. The van der Waals surface area contributed by atoms with E-state index in [1.54, 1.807) is 21.8 Å². The largest absolute Gasteiger partial charge is 2.00 e. The maximum absolute atomic E-state index is 4.24. The van der Waals surface area contributed by atoms with Crippen molar-refractivity contribution in [1.29, 1.82) is 0 Å². The van der Waals surface area contributed by atoms with Crippen LogP contribution in [0.1, 0.15) is 11.1 Å². The molecule has 124 valence electrons. The van der Waals surface area contributed by atoms with Gasteiger partial charge in [0, 0.05) is 24.8 Å². The maximum atomic E-state index is 4.24. The van der Waals surface area contributed by atoms with E-state index in [4.69, 9.17) is 0 Å². The van der Waals surface area contributed by atoms with Gasteiger partial charge in [0.15, 0.2) is 0 Å². The first kappa shape index (κ1) is 17.1. The van der Waals surface area contributed by atoms with Crippen LogP contribution in [-0.2, 0) is 21.1 Å². The summed E-state index contributed by atoms with van der Waals surface area (Å²) in [5.74, 6) is 0. The molecular weight excluding hydrogens is 491 g/mol. The van der Waals surface area contributed by atoms with Crippen molar-refractivity contribution in [3.63, 3.8) is 0 Å². The second-order valence-corrected chi connectivity index (χ2v) is 5.28. The van der Waals surface area contributed by atoms with E-state index in [0.717, 1.165) is 28.1 Å². The molecule has 4 rings (SSSR count). The third-order valence-electron chi connectivity index (χ3n) is 3.71. The zero-order valence-electron chi connectivity index (χ0n) is 13.2. The molecule has 0 fully saturated rings. The maximum Gasteiger partial charge on any atom is 2.00 e. The summed E-state index contributed by atoms with van der Waals surface area (Å²) < 4.78 is 3.56. The summed E-state index contributed by atoms with van der Waals surface area (Å²) in [6.07, 6.45) is 7.28. The average molecular weight is 505 g/mol. The van der Waals surface area contributed by atoms with Crippen LogP contribution in [0.5, 0.6) is 0 Å². The Bertz CT molecular complexity index is 893. The quantitative estimate of drug-likeness (QED) is 0.397. The number of benzene rings is 2. The van der Waals surface area contributed by atoms with Crippen LogP contribution < -0.4 is 0 Å². The fourth-order valence-corrected chi connectivity index (χ4v) is 2.50. The first-order valence-electron chi connectivity index (χ1n) is 7.55. The van der Waals surface area contributed by atoms with E-state index >= 15 is 0 Å². The Kier molecular flexibility index (Phi) is 5.10. The molecule has 0 amide bonds. The van der Waals surface area contributed by atoms with Gasteiger partial charge in [0.1, 0.15) is 0 Å². The minimum Gasteiger partial charge on any atom is -0.260 e. The van der Waals surface area contributed by atoms with Crippen molar-refractivity contribution in [1.82, 2.24) is 19.6 Å². The van der Waals surface area contributed by atoms with E-state index in [-0.39, 0.29) is 21.1 Å². The van der Waals surface area contributed by atoms with Crippen LogP contribution in [0.3, 0.4) is 0 Å². The average Bonchev–Trinajstić information content (AvgIpc) is 3.35. The molecule has 0 aliphatic heterocycles. The molecule has 4 nitrogen and oxygen atoms in total. The van der Waals surface area contributed by atoms with Gasteiger partial charge in [-0.2, -0.15) is 10.2 Å². The Balaban J connectivity index is 0.00000182. The van der Waals surface area contributed by atoms with Gasteiger partial charge in [0.05, 0.1) is 0 Å². The molecule has 2 aromatic carbocycles. The van der Waals surface area contributed by atoms with Crippen LogP contribution in [0.25, 0.3) is 16.9 Å². The predicted molar refractivity (Wildman–Crippen MR) is 92.9 cm³/mol. The van der Waals surface area contributed by atoms with E-state index in [0.29, 0.717) is 0 Å². The summed E-state index contributed by atoms with van der Waals surface area (Å²) >= 11 is 0. The van der Waals surface area contributed by atoms with Gasteiger partial charge >= 0.3 is 21.1 Å². The van der Waals surface area contributed by atoms with Gasteiger partial charge in [-0.15, -0.1) is 71.8 Å². The Morgan fingerprint density at radius 3 is 1.64 bits per heavy atom. The summed E-state index contributed by atoms with van der Waals surface area (Å²) in [5.41, 5.74) is 4.44. The smallest absolute Gasteiger partial charge is 0.260 e. The van der Waals surface area contributed by atoms with Gasteiger partial charge in [0.25, 0.3) is 0 Å². The van der Waals surface area contributed by atoms with Gasteiger partial charge in [0.2, 0.25) is 0 Å². The molecule has 0 unspecified atom stereocenters. The zero-order valence-corrected chi connectivity index (χ0v) is 15.5. The molecule has 2 aromatic heterocycles. The third-order valence-corrected chi connectivity index (χ3v) is 3.71. The van der Waals surface area contributed by atoms with Crippen LogP contribution in [0.4, 0.5) is 0 Å². The van der Waals surface area contributed by atoms with E-state index in [2.05, 4.69) is 28.9 Å². The second-order valence-electron chi connectivity index (χ2n) is 5.28. The molecule has 0 radical (unpaired) electrons. The van der Waals surface area contributed by atoms with Crippen LogP contribution >= 0.6 is 0 Å². The number of aromatic nitrogens is 4. The van der Waals surface area contributed by atoms with Gasteiger partial charge in [-0.1, -0.05) is 0 Å². The molecule has 0 spiro atoms. The molecule has 0 saturated heterocycles. The van der Waals surface area contributed by atoms with Crippen molar-refractivity contribution < 1.29 is 21.1 Å². The standard InChI is InChI=1S/C20H14N4.Pt/c1-16(17-6-2-8-19(14-17)23-12-4-10-21-23)18-7-3-9-20(15-18)24-13-5-11-22-24;/h2-13H,1H2;/q-2;+2. The normalized spacial score (nSPS) is 10.2. The van der Waals surface area contributed by atoms with E-state index in [1.807, 2.05) is 60.9 Å². The monoisotopic (exact) mass is 505 g/mol. The van der Waals surface area contributed by atoms with Gasteiger partial charge in [-0.3, -0.25) is 9.36 Å². The van der Waals surface area contributed by atoms with Gasteiger partial charge in [-0.05, 0) is 23.5 Å². The summed E-state index contributed by atoms with van der Waals surface area (Å²) in [7, 11) is 0. The summed E-state index contributed by atoms with van der Waals surface area (Å²) in [4.78, 5) is 0. The van der Waals surface area contributed by atoms with Gasteiger partial charge < -0.3 is 0 Å². The van der Waals surface area contributed by atoms with Crippen molar-refractivity contribution >= 4 is 5.57 Å². The SMILES string of the molecule is C=C(c1[c-]c(-n2cccn2)ccc1)c1[c-]c(-n2cccn2)ccc1.[Pt+2].